The molecule has 0 radical (unpaired) electrons. The van der Waals surface area contributed by atoms with E-state index in [-0.39, 0.29) is 6.61 Å². The van der Waals surface area contributed by atoms with Crippen molar-refractivity contribution in [3.8, 4) is 17.2 Å². The minimum Gasteiger partial charge on any atom is -0.497 e. The molecule has 0 aliphatic carbocycles. The maximum atomic E-state index is 12.1. The summed E-state index contributed by atoms with van der Waals surface area (Å²) in [5.41, 5.74) is 1.34. The smallest absolute Gasteiger partial charge is 0.338 e. The summed E-state index contributed by atoms with van der Waals surface area (Å²) in [5.74, 6) is 1.60. The minimum atomic E-state index is -0.396. The third-order valence-corrected chi connectivity index (χ3v) is 3.31. The molecule has 1 aliphatic heterocycles. The molecule has 5 heteroatoms. The number of methoxy groups -OCH3 is 1. The first-order valence-electron chi connectivity index (χ1n) is 6.96. The Labute approximate surface area is 128 Å². The van der Waals surface area contributed by atoms with Gasteiger partial charge in [0.25, 0.3) is 0 Å². The highest BCUT2D eigenvalue weighted by Gasteiger charge is 2.15. The highest BCUT2D eigenvalue weighted by Crippen LogP contribution is 2.31. The van der Waals surface area contributed by atoms with Crippen LogP contribution in [0, 0.1) is 0 Å². The van der Waals surface area contributed by atoms with E-state index >= 15 is 0 Å². The molecular formula is C17H16O5. The molecule has 0 unspecified atom stereocenters. The van der Waals surface area contributed by atoms with Gasteiger partial charge in [0.1, 0.15) is 25.6 Å². The molecule has 0 saturated carbocycles. The van der Waals surface area contributed by atoms with Gasteiger partial charge in [-0.25, -0.2) is 4.79 Å². The monoisotopic (exact) mass is 300 g/mol. The highest BCUT2D eigenvalue weighted by atomic mass is 16.6. The van der Waals surface area contributed by atoms with Crippen LogP contribution in [0.1, 0.15) is 15.9 Å². The molecule has 0 amide bonds. The number of rotatable bonds is 4. The van der Waals surface area contributed by atoms with Crippen molar-refractivity contribution in [3.05, 3.63) is 53.6 Å². The van der Waals surface area contributed by atoms with Gasteiger partial charge in [-0.05, 0) is 35.9 Å². The van der Waals surface area contributed by atoms with Crippen LogP contribution in [0.4, 0.5) is 0 Å². The second-order valence-electron chi connectivity index (χ2n) is 4.78. The van der Waals surface area contributed by atoms with Crippen LogP contribution in [-0.4, -0.2) is 26.3 Å². The summed E-state index contributed by atoms with van der Waals surface area (Å²) < 4.78 is 21.3. The molecule has 5 nitrogen and oxygen atoms in total. The van der Waals surface area contributed by atoms with Gasteiger partial charge in [-0.3, -0.25) is 0 Å². The Bertz CT molecular complexity index is 663. The van der Waals surface area contributed by atoms with Crippen molar-refractivity contribution in [1.82, 2.24) is 0 Å². The van der Waals surface area contributed by atoms with Gasteiger partial charge in [-0.15, -0.1) is 0 Å². The fraction of sp³-hybridized carbons (Fsp3) is 0.235. The molecule has 0 N–H and O–H groups in total. The molecular weight excluding hydrogens is 284 g/mol. The van der Waals surface area contributed by atoms with E-state index in [4.69, 9.17) is 18.9 Å². The van der Waals surface area contributed by atoms with Crippen LogP contribution >= 0.6 is 0 Å². The molecule has 0 spiro atoms. The van der Waals surface area contributed by atoms with Gasteiger partial charge in [0.05, 0.1) is 12.7 Å². The Morgan fingerprint density at radius 2 is 1.77 bits per heavy atom. The maximum absolute atomic E-state index is 12.1. The molecule has 1 heterocycles. The molecule has 0 saturated heterocycles. The Kier molecular flexibility index (Phi) is 4.14. The van der Waals surface area contributed by atoms with E-state index in [1.165, 1.54) is 0 Å². The number of fused-ring (bicyclic) bond motifs is 1. The Balaban J connectivity index is 1.64. The zero-order valence-electron chi connectivity index (χ0n) is 12.2. The molecule has 114 valence electrons. The van der Waals surface area contributed by atoms with Gasteiger partial charge in [0, 0.05) is 0 Å². The van der Waals surface area contributed by atoms with Crippen molar-refractivity contribution in [2.24, 2.45) is 0 Å². The summed E-state index contributed by atoms with van der Waals surface area (Å²) in [5, 5.41) is 0. The van der Waals surface area contributed by atoms with Crippen LogP contribution < -0.4 is 14.2 Å². The lowest BCUT2D eigenvalue weighted by atomic mass is 10.2. The topological polar surface area (TPSA) is 54.0 Å². The van der Waals surface area contributed by atoms with Gasteiger partial charge in [0.2, 0.25) is 0 Å². The molecule has 2 aromatic rings. The Morgan fingerprint density at radius 1 is 1.05 bits per heavy atom. The van der Waals surface area contributed by atoms with Crippen molar-refractivity contribution < 1.29 is 23.7 Å². The first kappa shape index (κ1) is 14.3. The molecule has 1 aliphatic rings. The van der Waals surface area contributed by atoms with E-state index in [1.807, 2.05) is 24.3 Å². The summed E-state index contributed by atoms with van der Waals surface area (Å²) in [4.78, 5) is 12.1. The number of hydrogen-bond donors (Lipinski definition) is 0. The van der Waals surface area contributed by atoms with Crippen LogP contribution in [0.3, 0.4) is 0 Å². The number of esters is 1. The zero-order chi connectivity index (χ0) is 15.4. The standard InChI is InChI=1S/C17H16O5/c1-19-14-5-2-12(3-6-14)11-22-17(18)13-4-7-15-16(10-13)21-9-8-20-15/h2-7,10H,8-9,11H2,1H3. The predicted octanol–water partition coefficient (Wildman–Crippen LogP) is 2.82. The second kappa shape index (κ2) is 6.39. The van der Waals surface area contributed by atoms with Crippen molar-refractivity contribution in [1.29, 1.82) is 0 Å². The first-order chi connectivity index (χ1) is 10.8. The summed E-state index contributed by atoms with van der Waals surface area (Å²) in [6, 6.07) is 12.4. The Hall–Kier alpha value is -2.69. The van der Waals surface area contributed by atoms with Crippen LogP contribution in [0.25, 0.3) is 0 Å². The number of hydrogen-bond acceptors (Lipinski definition) is 5. The van der Waals surface area contributed by atoms with E-state index in [0.717, 1.165) is 11.3 Å². The molecule has 0 bridgehead atoms. The van der Waals surface area contributed by atoms with Crippen molar-refractivity contribution in [2.45, 2.75) is 6.61 Å². The van der Waals surface area contributed by atoms with E-state index in [2.05, 4.69) is 0 Å². The summed E-state index contributed by atoms with van der Waals surface area (Å²) >= 11 is 0. The third kappa shape index (κ3) is 3.14. The summed E-state index contributed by atoms with van der Waals surface area (Å²) in [6.07, 6.45) is 0. The molecule has 3 rings (SSSR count). The number of benzene rings is 2. The van der Waals surface area contributed by atoms with Gasteiger partial charge in [-0.1, -0.05) is 12.1 Å². The van der Waals surface area contributed by atoms with E-state index in [9.17, 15) is 4.79 Å². The van der Waals surface area contributed by atoms with Crippen molar-refractivity contribution in [3.63, 3.8) is 0 Å². The first-order valence-corrected chi connectivity index (χ1v) is 6.96. The van der Waals surface area contributed by atoms with Crippen LogP contribution in [0.5, 0.6) is 17.2 Å². The number of ether oxygens (including phenoxy) is 4. The fourth-order valence-corrected chi connectivity index (χ4v) is 2.12. The van der Waals surface area contributed by atoms with Crippen LogP contribution in [-0.2, 0) is 11.3 Å². The zero-order valence-corrected chi connectivity index (χ0v) is 12.2. The number of carbonyl (C=O) groups is 1. The molecule has 2 aromatic carbocycles. The molecule has 0 aromatic heterocycles. The lowest BCUT2D eigenvalue weighted by molar-refractivity contribution is 0.0471. The lowest BCUT2D eigenvalue weighted by Gasteiger charge is -2.18. The maximum Gasteiger partial charge on any atom is 0.338 e. The molecule has 0 atom stereocenters. The summed E-state index contributed by atoms with van der Waals surface area (Å²) in [7, 11) is 1.61. The fourth-order valence-electron chi connectivity index (χ4n) is 2.12. The second-order valence-corrected chi connectivity index (χ2v) is 4.78. The van der Waals surface area contributed by atoms with E-state index in [1.54, 1.807) is 25.3 Å². The number of carbonyl (C=O) groups excluding carboxylic acids is 1. The molecule has 22 heavy (non-hydrogen) atoms. The molecule has 0 fully saturated rings. The SMILES string of the molecule is COc1ccc(COC(=O)c2ccc3c(c2)OCCO3)cc1. The van der Waals surface area contributed by atoms with E-state index in [0.29, 0.717) is 30.3 Å². The van der Waals surface area contributed by atoms with Crippen molar-refractivity contribution in [2.75, 3.05) is 20.3 Å². The van der Waals surface area contributed by atoms with Gasteiger partial charge in [0.15, 0.2) is 11.5 Å². The van der Waals surface area contributed by atoms with Crippen LogP contribution in [0.2, 0.25) is 0 Å². The predicted molar refractivity (Wildman–Crippen MR) is 79.5 cm³/mol. The normalized spacial score (nSPS) is 12.6. The quantitative estimate of drug-likeness (QED) is 0.813. The van der Waals surface area contributed by atoms with Gasteiger partial charge >= 0.3 is 5.97 Å². The lowest BCUT2D eigenvalue weighted by Crippen LogP contribution is -2.16. The highest BCUT2D eigenvalue weighted by molar-refractivity contribution is 5.90. The van der Waals surface area contributed by atoms with Gasteiger partial charge < -0.3 is 18.9 Å². The summed E-state index contributed by atoms with van der Waals surface area (Å²) in [6.45, 7) is 1.21. The largest absolute Gasteiger partial charge is 0.497 e. The van der Waals surface area contributed by atoms with Crippen molar-refractivity contribution >= 4 is 5.97 Å². The average Bonchev–Trinajstić information content (AvgIpc) is 2.59. The minimum absolute atomic E-state index is 0.206. The third-order valence-electron chi connectivity index (χ3n) is 3.31. The van der Waals surface area contributed by atoms with Gasteiger partial charge in [-0.2, -0.15) is 0 Å². The average molecular weight is 300 g/mol. The Morgan fingerprint density at radius 3 is 2.50 bits per heavy atom. The van der Waals surface area contributed by atoms with E-state index < -0.39 is 5.97 Å². The van der Waals surface area contributed by atoms with Crippen LogP contribution in [0.15, 0.2) is 42.5 Å².